The molecule has 5 heterocycles. The van der Waals surface area contributed by atoms with Crippen LogP contribution < -0.4 is 27.0 Å². The van der Waals surface area contributed by atoms with Gasteiger partial charge in [-0.1, -0.05) is 20.3 Å². The highest BCUT2D eigenvalue weighted by atomic mass is 16.6. The molecule has 20 nitrogen and oxygen atoms in total. The van der Waals surface area contributed by atoms with Crippen molar-refractivity contribution in [3.05, 3.63) is 60.3 Å². The number of carbonyl (C=O) groups is 5. The number of alkyl carbamates (subject to hydrolysis) is 1. The van der Waals surface area contributed by atoms with Gasteiger partial charge in [-0.2, -0.15) is 5.26 Å². The fraction of sp³-hybridized carbons (Fsp3) is 0.596. The van der Waals surface area contributed by atoms with Gasteiger partial charge in [0.25, 0.3) is 5.91 Å². The van der Waals surface area contributed by atoms with Crippen molar-refractivity contribution in [2.24, 2.45) is 11.8 Å². The van der Waals surface area contributed by atoms with E-state index in [0.717, 1.165) is 37.9 Å². The zero-order valence-electron chi connectivity index (χ0n) is 43.4. The maximum Gasteiger partial charge on any atom is 0.408 e. The highest BCUT2D eigenvalue weighted by Gasteiger charge is 2.34. The van der Waals surface area contributed by atoms with Gasteiger partial charge in [0.2, 0.25) is 17.7 Å². The van der Waals surface area contributed by atoms with Gasteiger partial charge >= 0.3 is 6.09 Å². The predicted molar refractivity (Wildman–Crippen MR) is 276 cm³/mol. The van der Waals surface area contributed by atoms with Crippen LogP contribution in [0.2, 0.25) is 0 Å². The van der Waals surface area contributed by atoms with Crippen LogP contribution in [0.1, 0.15) is 122 Å². The highest BCUT2D eigenvalue weighted by molar-refractivity contribution is 6.00. The summed E-state index contributed by atoms with van der Waals surface area (Å²) in [6, 6.07) is 5.92. The second kappa shape index (κ2) is 25.1. The summed E-state index contributed by atoms with van der Waals surface area (Å²) in [5.41, 5.74) is 7.41. The monoisotopic (exact) mass is 993 g/mol. The summed E-state index contributed by atoms with van der Waals surface area (Å²) in [5.74, 6) is 0.0696. The third-order valence-electron chi connectivity index (χ3n) is 13.6. The van der Waals surface area contributed by atoms with E-state index >= 15 is 0 Å². The number of nitrogens with one attached hydrogen (secondary N) is 4. The summed E-state index contributed by atoms with van der Waals surface area (Å²) in [6.07, 6.45) is 13.6. The lowest BCUT2D eigenvalue weighted by atomic mass is 9.85. The van der Waals surface area contributed by atoms with E-state index in [1.165, 1.54) is 6.20 Å². The number of anilines is 2. The molecule has 72 heavy (non-hydrogen) atoms. The number of fused-ring (bicyclic) bond motifs is 1. The molecule has 0 unspecified atom stereocenters. The third-order valence-corrected chi connectivity index (χ3v) is 13.6. The van der Waals surface area contributed by atoms with Crippen LogP contribution in [0.4, 0.5) is 16.4 Å². The van der Waals surface area contributed by atoms with Crippen molar-refractivity contribution in [2.75, 3.05) is 57.4 Å². The van der Waals surface area contributed by atoms with Crippen LogP contribution in [0.15, 0.2) is 49.2 Å². The molecule has 390 valence electrons. The Hall–Kier alpha value is -6.75. The average Bonchev–Trinajstić information content (AvgIpc) is 3.97. The summed E-state index contributed by atoms with van der Waals surface area (Å²) in [5, 5.41) is 22.4. The van der Waals surface area contributed by atoms with Crippen molar-refractivity contribution in [3.8, 4) is 11.9 Å². The standard InChI is InChI=1S/C52H76N14O6/c1-9-35(4)44(61-47(68)41(60-51(71)72-52(5,6)7)13-12-22-65-24-19-55-50(65)54)49(70)62(8)20-10-11-21-63-25-27-64(28-26-63)48(69)37-14-16-39(17-15-37)59-46(67)40-33-56-43(30-42(40)58-34(2)3)66-23-18-38-29-36(31-53)32-57-45(38)66/h18-19,23-24,29-30,32-35,37,39,41,44H,9-17,20-22,25-28H2,1-8H3,(H2,54,55)(H,56,58)(H,59,67)(H,60,71)(H,61,68)/t35-,37?,39?,41-,44-/m0/s1. The van der Waals surface area contributed by atoms with Crippen molar-refractivity contribution in [2.45, 2.75) is 143 Å². The number of pyridine rings is 2. The Morgan fingerprint density at radius 3 is 2.32 bits per heavy atom. The minimum atomic E-state index is -0.935. The van der Waals surface area contributed by atoms with Gasteiger partial charge in [-0.05, 0) is 111 Å². The number of rotatable bonds is 21. The van der Waals surface area contributed by atoms with E-state index in [9.17, 15) is 29.2 Å². The number of aromatic nitrogens is 5. The number of piperazine rings is 1. The maximum absolute atomic E-state index is 13.9. The zero-order chi connectivity index (χ0) is 52.1. The minimum absolute atomic E-state index is 0.0542. The summed E-state index contributed by atoms with van der Waals surface area (Å²) < 4.78 is 9.06. The van der Waals surface area contributed by atoms with Gasteiger partial charge in [0.05, 0.1) is 16.8 Å². The number of hydrogen-bond donors (Lipinski definition) is 5. The van der Waals surface area contributed by atoms with Crippen molar-refractivity contribution >= 4 is 52.4 Å². The average molecular weight is 993 g/mol. The molecule has 2 aliphatic rings. The van der Waals surface area contributed by atoms with Gasteiger partial charge in [-0.15, -0.1) is 0 Å². The molecule has 1 aliphatic heterocycles. The number of nitrogens with zero attached hydrogens (tertiary/aromatic N) is 9. The number of amides is 5. The van der Waals surface area contributed by atoms with Crippen molar-refractivity contribution in [3.63, 3.8) is 0 Å². The number of nitrogens with two attached hydrogens (primary N) is 1. The van der Waals surface area contributed by atoms with Gasteiger partial charge in [-0.3, -0.25) is 28.6 Å². The molecule has 5 amide bonds. The summed E-state index contributed by atoms with van der Waals surface area (Å²) in [7, 11) is 1.76. The summed E-state index contributed by atoms with van der Waals surface area (Å²) in [4.78, 5) is 87.1. The number of carbonyl (C=O) groups excluding carboxylic acids is 5. The lowest BCUT2D eigenvalue weighted by Gasteiger charge is -2.38. The SMILES string of the molecule is CC[C@H](C)[C@H](NC(=O)[C@H](CCCn1ccnc1N)NC(=O)OC(C)(C)C)C(=O)N(C)CCCCN1CCN(C(=O)C2CCC(NC(=O)c3cnc(-n4ccc5cc(C#N)cnc54)cc3NC(C)C)CC2)CC1. The van der Waals surface area contributed by atoms with E-state index in [1.807, 2.05) is 55.5 Å². The molecule has 6 rings (SSSR count). The number of nitriles is 1. The molecule has 1 saturated heterocycles. The maximum atomic E-state index is 13.9. The van der Waals surface area contributed by atoms with E-state index in [2.05, 4.69) is 47.2 Å². The van der Waals surface area contributed by atoms with Crippen molar-refractivity contribution in [1.82, 2.24) is 54.7 Å². The first kappa shape index (κ1) is 54.6. The first-order chi connectivity index (χ1) is 34.3. The molecule has 0 radical (unpaired) electrons. The Kier molecular flexibility index (Phi) is 19.0. The number of imidazole rings is 1. The fourth-order valence-corrected chi connectivity index (χ4v) is 9.34. The number of likely N-dealkylation sites (N-methyl/N-ethyl adjacent to an activating group) is 1. The van der Waals surface area contributed by atoms with Crippen LogP contribution in [-0.4, -0.2) is 145 Å². The molecular weight excluding hydrogens is 917 g/mol. The van der Waals surface area contributed by atoms with Crippen LogP contribution in [0, 0.1) is 23.2 Å². The Balaban J connectivity index is 0.919. The molecule has 20 heteroatoms. The van der Waals surface area contributed by atoms with Crippen LogP contribution in [0.3, 0.4) is 0 Å². The lowest BCUT2D eigenvalue weighted by Crippen LogP contribution is -2.56. The van der Waals surface area contributed by atoms with Gasteiger partial charge in [-0.25, -0.2) is 19.7 Å². The third kappa shape index (κ3) is 14.9. The topological polar surface area (TPSA) is 251 Å². The summed E-state index contributed by atoms with van der Waals surface area (Å²) in [6.45, 7) is 17.9. The quantitative estimate of drug-likeness (QED) is 0.0651. The normalized spacial score (nSPS) is 17.6. The Bertz CT molecular complexity index is 2530. The molecule has 0 aromatic carbocycles. The van der Waals surface area contributed by atoms with Crippen LogP contribution in [0.5, 0.6) is 0 Å². The zero-order valence-corrected chi connectivity index (χ0v) is 43.4. The van der Waals surface area contributed by atoms with E-state index < -0.39 is 29.7 Å². The molecule has 4 aromatic heterocycles. The largest absolute Gasteiger partial charge is 0.444 e. The van der Waals surface area contributed by atoms with Crippen LogP contribution in [0.25, 0.3) is 16.9 Å². The minimum Gasteiger partial charge on any atom is -0.444 e. The second-order valence-electron chi connectivity index (χ2n) is 20.7. The Morgan fingerprint density at radius 1 is 0.931 bits per heavy atom. The molecule has 0 spiro atoms. The number of ether oxygens (including phenoxy) is 1. The lowest BCUT2D eigenvalue weighted by molar-refractivity contribution is -0.138. The second-order valence-corrected chi connectivity index (χ2v) is 20.7. The van der Waals surface area contributed by atoms with Gasteiger partial charge in [0, 0.05) is 107 Å². The number of aryl methyl sites for hydroxylation is 1. The molecule has 3 atom stereocenters. The number of hydrogen-bond acceptors (Lipinski definition) is 13. The molecule has 2 fully saturated rings. The van der Waals surface area contributed by atoms with Gasteiger partial charge in [0.15, 0.2) is 5.95 Å². The van der Waals surface area contributed by atoms with E-state index in [4.69, 9.17) is 10.5 Å². The fourth-order valence-electron chi connectivity index (χ4n) is 9.34. The smallest absolute Gasteiger partial charge is 0.408 e. The Labute approximate surface area is 423 Å². The van der Waals surface area contributed by atoms with Crippen LogP contribution in [-0.2, 0) is 25.7 Å². The van der Waals surface area contributed by atoms with E-state index in [1.54, 1.807) is 61.9 Å². The van der Waals surface area contributed by atoms with Crippen LogP contribution >= 0.6 is 0 Å². The molecule has 6 N–H and O–H groups in total. The molecule has 0 bridgehead atoms. The number of unbranched alkanes of at least 4 members (excludes halogenated alkanes) is 1. The van der Waals surface area contributed by atoms with Gasteiger partial charge in [0.1, 0.15) is 35.2 Å². The molecule has 4 aromatic rings. The van der Waals surface area contributed by atoms with E-state index in [-0.39, 0.29) is 41.6 Å². The van der Waals surface area contributed by atoms with Gasteiger partial charge < -0.3 is 46.1 Å². The van der Waals surface area contributed by atoms with Crippen molar-refractivity contribution < 1.29 is 28.7 Å². The number of nitrogen functional groups attached to an aromatic ring is 1. The first-order valence-corrected chi connectivity index (χ1v) is 25.6. The molecule has 1 saturated carbocycles. The molecular formula is C52H76N14O6. The van der Waals surface area contributed by atoms with Crippen molar-refractivity contribution in [1.29, 1.82) is 5.26 Å². The summed E-state index contributed by atoms with van der Waals surface area (Å²) >= 11 is 0. The highest BCUT2D eigenvalue weighted by Crippen LogP contribution is 2.29. The molecule has 1 aliphatic carbocycles. The predicted octanol–water partition coefficient (Wildman–Crippen LogP) is 5.47. The Morgan fingerprint density at radius 2 is 1.67 bits per heavy atom. The first-order valence-electron chi connectivity index (χ1n) is 25.6. The van der Waals surface area contributed by atoms with E-state index in [0.29, 0.717) is 105 Å².